The Kier molecular flexibility index (Phi) is 5.90. The van der Waals surface area contributed by atoms with Gasteiger partial charge in [-0.1, -0.05) is 29.8 Å². The van der Waals surface area contributed by atoms with Crippen molar-refractivity contribution in [3.05, 3.63) is 64.7 Å². The van der Waals surface area contributed by atoms with Gasteiger partial charge in [0.25, 0.3) is 5.91 Å². The van der Waals surface area contributed by atoms with Crippen LogP contribution in [0.4, 0.5) is 0 Å². The molecule has 8 heteroatoms. The van der Waals surface area contributed by atoms with Crippen molar-refractivity contribution in [3.63, 3.8) is 0 Å². The van der Waals surface area contributed by atoms with E-state index in [0.29, 0.717) is 24.1 Å². The minimum atomic E-state index is -0.433. The number of carbonyl (C=O) groups is 1. The zero-order chi connectivity index (χ0) is 22.0. The SMILES string of the molecule is CC1=NN2C(=N)/C(=C/c3ccc(OCCOc4ccc(C)cc4C)cc3)C(=O)N=C2S1. The summed E-state index contributed by atoms with van der Waals surface area (Å²) in [6.45, 7) is 6.75. The number of carbonyl (C=O) groups excluding carboxylic acids is 1. The summed E-state index contributed by atoms with van der Waals surface area (Å²) in [5.41, 5.74) is 3.29. The van der Waals surface area contributed by atoms with Gasteiger partial charge in [-0.2, -0.15) is 15.1 Å². The number of hydrogen-bond donors (Lipinski definition) is 1. The molecule has 31 heavy (non-hydrogen) atoms. The van der Waals surface area contributed by atoms with Crippen LogP contribution in [0.15, 0.2) is 58.1 Å². The molecule has 4 rings (SSSR count). The van der Waals surface area contributed by atoms with Gasteiger partial charge in [0.2, 0.25) is 5.17 Å². The second kappa shape index (κ2) is 8.77. The van der Waals surface area contributed by atoms with Crippen molar-refractivity contribution in [1.82, 2.24) is 5.01 Å². The van der Waals surface area contributed by atoms with Crippen LogP contribution >= 0.6 is 11.8 Å². The van der Waals surface area contributed by atoms with Gasteiger partial charge < -0.3 is 9.47 Å². The first-order chi connectivity index (χ1) is 14.9. The molecule has 158 valence electrons. The Bertz CT molecular complexity index is 1140. The smallest absolute Gasteiger partial charge is 0.283 e. The number of nitrogens with zero attached hydrogens (tertiary/aromatic N) is 3. The predicted octanol–water partition coefficient (Wildman–Crippen LogP) is 4.40. The molecule has 1 amide bonds. The lowest BCUT2D eigenvalue weighted by Crippen LogP contribution is -2.35. The van der Waals surface area contributed by atoms with E-state index in [1.54, 1.807) is 6.08 Å². The van der Waals surface area contributed by atoms with Gasteiger partial charge in [-0.25, -0.2) is 0 Å². The third-order valence-corrected chi connectivity index (χ3v) is 5.51. The maximum Gasteiger partial charge on any atom is 0.283 e. The van der Waals surface area contributed by atoms with E-state index in [1.807, 2.05) is 50.2 Å². The zero-order valence-corrected chi connectivity index (χ0v) is 18.3. The standard InChI is InChI=1S/C23H22N4O3S/c1-14-4-9-20(15(2)12-14)30-11-10-29-18-7-5-17(6-8-18)13-19-21(24)27-23(25-22(19)28)31-16(3)26-27/h4-9,12-13,24H,10-11H2,1-3H3/b19-13-,24-21?. The Morgan fingerprint density at radius 1 is 1.06 bits per heavy atom. The molecule has 2 aliphatic heterocycles. The fourth-order valence-electron chi connectivity index (χ4n) is 3.19. The number of amides is 1. The van der Waals surface area contributed by atoms with Crippen LogP contribution < -0.4 is 9.47 Å². The van der Waals surface area contributed by atoms with Crippen molar-refractivity contribution in [2.75, 3.05) is 13.2 Å². The average molecular weight is 435 g/mol. The van der Waals surface area contributed by atoms with E-state index in [9.17, 15) is 4.79 Å². The number of nitrogens with one attached hydrogen (secondary N) is 1. The van der Waals surface area contributed by atoms with Gasteiger partial charge in [0.15, 0.2) is 5.84 Å². The number of aliphatic imine (C=N–C) groups is 1. The summed E-state index contributed by atoms with van der Waals surface area (Å²) in [4.78, 5) is 16.4. The third kappa shape index (κ3) is 4.69. The van der Waals surface area contributed by atoms with Crippen molar-refractivity contribution >= 4 is 39.8 Å². The van der Waals surface area contributed by atoms with Crippen LogP contribution in [0.2, 0.25) is 0 Å². The van der Waals surface area contributed by atoms with Crippen molar-refractivity contribution in [3.8, 4) is 11.5 Å². The van der Waals surface area contributed by atoms with Crippen LogP contribution in [-0.4, -0.2) is 40.2 Å². The van der Waals surface area contributed by atoms with E-state index in [1.165, 1.54) is 22.3 Å². The normalized spacial score (nSPS) is 16.9. The number of amidine groups is 2. The molecular formula is C23H22N4O3S. The fourth-order valence-corrected chi connectivity index (χ4v) is 3.92. The lowest BCUT2D eigenvalue weighted by atomic mass is 10.1. The summed E-state index contributed by atoms with van der Waals surface area (Å²) in [5.74, 6) is 1.16. The summed E-state index contributed by atoms with van der Waals surface area (Å²) < 4.78 is 11.5. The number of rotatable bonds is 6. The Balaban J connectivity index is 1.35. The number of benzene rings is 2. The molecule has 2 aromatic carbocycles. The predicted molar refractivity (Wildman–Crippen MR) is 124 cm³/mol. The van der Waals surface area contributed by atoms with Gasteiger partial charge in [0, 0.05) is 0 Å². The fraction of sp³-hybridized carbons (Fsp3) is 0.217. The van der Waals surface area contributed by atoms with Crippen molar-refractivity contribution in [2.45, 2.75) is 20.8 Å². The van der Waals surface area contributed by atoms with Crippen LogP contribution in [0.3, 0.4) is 0 Å². The monoisotopic (exact) mass is 434 g/mol. The summed E-state index contributed by atoms with van der Waals surface area (Å²) in [6.07, 6.45) is 1.64. The van der Waals surface area contributed by atoms with Crippen LogP contribution in [-0.2, 0) is 4.79 Å². The Labute approximate surface area is 185 Å². The van der Waals surface area contributed by atoms with Gasteiger partial charge in [0.05, 0.1) is 10.6 Å². The highest BCUT2D eigenvalue weighted by Crippen LogP contribution is 2.28. The maximum absolute atomic E-state index is 12.3. The molecule has 0 spiro atoms. The first-order valence-electron chi connectivity index (χ1n) is 9.80. The van der Waals surface area contributed by atoms with E-state index in [0.717, 1.165) is 21.9 Å². The maximum atomic E-state index is 12.3. The third-order valence-electron chi connectivity index (χ3n) is 4.69. The number of hydrogen-bond acceptors (Lipinski definition) is 6. The molecule has 0 aliphatic carbocycles. The number of aryl methyl sites for hydroxylation is 2. The lowest BCUT2D eigenvalue weighted by molar-refractivity contribution is -0.114. The number of fused-ring (bicyclic) bond motifs is 1. The number of ether oxygens (including phenoxy) is 2. The summed E-state index contributed by atoms with van der Waals surface area (Å²) in [6, 6.07) is 13.4. The van der Waals surface area contributed by atoms with Crippen molar-refractivity contribution in [1.29, 1.82) is 5.41 Å². The Morgan fingerprint density at radius 3 is 2.55 bits per heavy atom. The van der Waals surface area contributed by atoms with Gasteiger partial charge in [-0.3, -0.25) is 10.2 Å². The topological polar surface area (TPSA) is 87.3 Å². The molecule has 0 atom stereocenters. The van der Waals surface area contributed by atoms with E-state index >= 15 is 0 Å². The molecule has 7 nitrogen and oxygen atoms in total. The molecule has 2 aromatic rings. The molecule has 0 radical (unpaired) electrons. The van der Waals surface area contributed by atoms with Crippen LogP contribution in [0, 0.1) is 19.3 Å². The second-order valence-corrected chi connectivity index (χ2v) is 8.33. The summed E-state index contributed by atoms with van der Waals surface area (Å²) in [5, 5.41) is 15.1. The number of hydrazone groups is 1. The van der Waals surface area contributed by atoms with E-state index in [-0.39, 0.29) is 11.4 Å². The highest BCUT2D eigenvalue weighted by atomic mass is 32.2. The highest BCUT2D eigenvalue weighted by Gasteiger charge is 2.34. The van der Waals surface area contributed by atoms with Crippen LogP contribution in [0.25, 0.3) is 6.08 Å². The van der Waals surface area contributed by atoms with Gasteiger partial charge in [-0.05, 0) is 67.9 Å². The Morgan fingerprint density at radius 2 is 1.81 bits per heavy atom. The second-order valence-electron chi connectivity index (χ2n) is 7.17. The molecular weight excluding hydrogens is 412 g/mol. The van der Waals surface area contributed by atoms with Crippen molar-refractivity contribution in [2.24, 2.45) is 10.1 Å². The van der Waals surface area contributed by atoms with Crippen LogP contribution in [0.1, 0.15) is 23.6 Å². The van der Waals surface area contributed by atoms with Crippen LogP contribution in [0.5, 0.6) is 11.5 Å². The highest BCUT2D eigenvalue weighted by molar-refractivity contribution is 8.26. The van der Waals surface area contributed by atoms with Gasteiger partial charge >= 0.3 is 0 Å². The first kappa shape index (κ1) is 20.9. The molecule has 0 aromatic heterocycles. The molecule has 2 heterocycles. The molecule has 0 bridgehead atoms. The summed E-state index contributed by atoms with van der Waals surface area (Å²) >= 11 is 1.29. The molecule has 0 unspecified atom stereocenters. The molecule has 1 N–H and O–H groups in total. The summed E-state index contributed by atoms with van der Waals surface area (Å²) in [7, 11) is 0. The van der Waals surface area contributed by atoms with Gasteiger partial charge in [-0.15, -0.1) is 0 Å². The van der Waals surface area contributed by atoms with E-state index in [2.05, 4.69) is 23.1 Å². The van der Waals surface area contributed by atoms with Gasteiger partial charge in [0.1, 0.15) is 24.7 Å². The molecule has 0 saturated heterocycles. The average Bonchev–Trinajstić information content (AvgIpc) is 3.11. The van der Waals surface area contributed by atoms with Crippen molar-refractivity contribution < 1.29 is 14.3 Å². The lowest BCUT2D eigenvalue weighted by Gasteiger charge is -2.20. The molecule has 2 aliphatic rings. The molecule has 0 fully saturated rings. The molecule has 0 saturated carbocycles. The first-order valence-corrected chi connectivity index (χ1v) is 10.6. The van der Waals surface area contributed by atoms with E-state index in [4.69, 9.17) is 14.9 Å². The Hall–Kier alpha value is -3.39. The largest absolute Gasteiger partial charge is 0.490 e. The number of thioether (sulfide) groups is 1. The van der Waals surface area contributed by atoms with E-state index < -0.39 is 5.91 Å². The zero-order valence-electron chi connectivity index (χ0n) is 17.5. The minimum absolute atomic E-state index is 0.0308. The minimum Gasteiger partial charge on any atom is -0.490 e. The quantitative estimate of drug-likeness (QED) is 0.538.